The van der Waals surface area contributed by atoms with E-state index in [0.29, 0.717) is 22.6 Å². The number of fused-ring (bicyclic) bond motifs is 2. The number of anilines is 2. The molecule has 0 unspecified atom stereocenters. The lowest BCUT2D eigenvalue weighted by atomic mass is 10.0. The van der Waals surface area contributed by atoms with Crippen LogP contribution in [0.1, 0.15) is 15.9 Å². The second-order valence-electron chi connectivity index (χ2n) is 8.08. The van der Waals surface area contributed by atoms with Gasteiger partial charge in [-0.05, 0) is 45.8 Å². The zero-order chi connectivity index (χ0) is 25.9. The van der Waals surface area contributed by atoms with Crippen molar-refractivity contribution >= 4 is 39.5 Å². The van der Waals surface area contributed by atoms with E-state index in [2.05, 4.69) is 16.0 Å². The van der Waals surface area contributed by atoms with Gasteiger partial charge in [0.15, 0.2) is 11.5 Å². The Labute approximate surface area is 210 Å². The molecule has 0 saturated heterocycles. The minimum absolute atomic E-state index is 0.109. The van der Waals surface area contributed by atoms with E-state index in [1.54, 1.807) is 30.6 Å². The lowest BCUT2D eigenvalue weighted by Gasteiger charge is -2.05. The quantitative estimate of drug-likeness (QED) is 0.308. The molecule has 0 spiro atoms. The predicted octanol–water partition coefficient (Wildman–Crippen LogP) is 5.12. The Morgan fingerprint density at radius 1 is 0.757 bits per heavy atom. The fourth-order valence-corrected chi connectivity index (χ4v) is 4.02. The molecule has 180 valence electrons. The highest BCUT2D eigenvalue weighted by Gasteiger charge is 2.11. The van der Waals surface area contributed by atoms with Crippen molar-refractivity contribution in [1.29, 1.82) is 5.26 Å². The van der Waals surface area contributed by atoms with Crippen LogP contribution in [0.2, 0.25) is 0 Å². The van der Waals surface area contributed by atoms with Crippen molar-refractivity contribution in [3.8, 4) is 28.7 Å². The first-order valence-corrected chi connectivity index (χ1v) is 11.1. The Balaban J connectivity index is 0.000000152. The molecule has 2 aromatic heterocycles. The Bertz CT molecular complexity index is 1810. The summed E-state index contributed by atoms with van der Waals surface area (Å²) in [5.41, 5.74) is 19.0. The highest BCUT2D eigenvalue weighted by atomic mass is 16.4. The van der Waals surface area contributed by atoms with Gasteiger partial charge in [0.25, 0.3) is 12.0 Å². The number of amides is 1. The number of hydrogen-bond acceptors (Lipinski definition) is 8. The predicted molar refractivity (Wildman–Crippen MR) is 141 cm³/mol. The number of rotatable bonds is 3. The monoisotopic (exact) mass is 488 g/mol. The smallest absolute Gasteiger partial charge is 0.292 e. The molecule has 6 rings (SSSR count). The summed E-state index contributed by atoms with van der Waals surface area (Å²) < 4.78 is 10.7. The minimum Gasteiger partial charge on any atom is -0.424 e. The first-order chi connectivity index (χ1) is 17.9. The van der Waals surface area contributed by atoms with Crippen LogP contribution in [0.3, 0.4) is 0 Å². The van der Waals surface area contributed by atoms with E-state index in [-0.39, 0.29) is 12.0 Å². The Morgan fingerprint density at radius 2 is 1.30 bits per heavy atom. The fourth-order valence-electron chi connectivity index (χ4n) is 4.02. The normalized spacial score (nSPS) is 10.6. The van der Waals surface area contributed by atoms with E-state index in [9.17, 15) is 4.79 Å². The molecule has 4 aromatic carbocycles. The van der Waals surface area contributed by atoms with Crippen LogP contribution in [-0.2, 0) is 0 Å². The van der Waals surface area contributed by atoms with Gasteiger partial charge in [0, 0.05) is 16.7 Å². The maximum atomic E-state index is 11.3. The molecule has 6 N–H and O–H groups in total. The van der Waals surface area contributed by atoms with Crippen LogP contribution in [0, 0.1) is 11.3 Å². The standard InChI is InChI=1S/C14H11N3O2.C14H9N3O/c15-13(18)9-5-4-8-2-1-3-10(11(8)6-9)12-7-17-14(16)19-12;15-7-9-4-5-10-2-1-3-11(12(10)6-9)13-8-17-14(16)18-13/h1-7H,(H2,15,18)(H2,16,17);1-6,8H,(H2,16,17). The molecule has 0 aliphatic heterocycles. The third-order valence-electron chi connectivity index (χ3n) is 5.76. The van der Waals surface area contributed by atoms with Gasteiger partial charge in [-0.3, -0.25) is 4.79 Å². The van der Waals surface area contributed by atoms with Gasteiger partial charge in [0.2, 0.25) is 5.91 Å². The highest BCUT2D eigenvalue weighted by molar-refractivity contribution is 6.02. The molecule has 0 aliphatic rings. The van der Waals surface area contributed by atoms with E-state index < -0.39 is 5.91 Å². The summed E-state index contributed by atoms with van der Waals surface area (Å²) in [6.45, 7) is 0. The number of primary amides is 1. The molecule has 0 bridgehead atoms. The molecule has 0 saturated carbocycles. The summed E-state index contributed by atoms with van der Waals surface area (Å²) in [4.78, 5) is 19.0. The third-order valence-corrected chi connectivity index (χ3v) is 5.76. The summed E-state index contributed by atoms with van der Waals surface area (Å²) in [5, 5.41) is 12.8. The number of nitrogens with two attached hydrogens (primary N) is 3. The summed E-state index contributed by atoms with van der Waals surface area (Å²) >= 11 is 0. The summed E-state index contributed by atoms with van der Waals surface area (Å²) in [7, 11) is 0. The van der Waals surface area contributed by atoms with Crippen molar-refractivity contribution in [3.05, 3.63) is 96.3 Å². The van der Waals surface area contributed by atoms with Crippen molar-refractivity contribution in [1.82, 2.24) is 9.97 Å². The second-order valence-corrected chi connectivity index (χ2v) is 8.08. The lowest BCUT2D eigenvalue weighted by molar-refractivity contribution is 0.100. The number of nitriles is 1. The minimum atomic E-state index is -0.464. The van der Waals surface area contributed by atoms with Crippen LogP contribution in [0.4, 0.5) is 12.0 Å². The third kappa shape index (κ3) is 4.67. The first-order valence-electron chi connectivity index (χ1n) is 11.1. The fraction of sp³-hybridized carbons (Fsp3) is 0. The van der Waals surface area contributed by atoms with Crippen molar-refractivity contribution in [2.24, 2.45) is 5.73 Å². The van der Waals surface area contributed by atoms with Crippen LogP contribution in [0.15, 0.2) is 94.0 Å². The molecule has 2 heterocycles. The molecule has 9 heteroatoms. The van der Waals surface area contributed by atoms with Crippen LogP contribution in [-0.4, -0.2) is 15.9 Å². The van der Waals surface area contributed by atoms with E-state index in [1.165, 1.54) is 0 Å². The van der Waals surface area contributed by atoms with Crippen molar-refractivity contribution in [2.75, 3.05) is 11.5 Å². The van der Waals surface area contributed by atoms with Gasteiger partial charge in [0.1, 0.15) is 0 Å². The molecule has 0 atom stereocenters. The van der Waals surface area contributed by atoms with Crippen molar-refractivity contribution in [2.45, 2.75) is 0 Å². The van der Waals surface area contributed by atoms with Crippen LogP contribution >= 0.6 is 0 Å². The zero-order valence-corrected chi connectivity index (χ0v) is 19.4. The Morgan fingerprint density at radius 3 is 1.78 bits per heavy atom. The SMILES string of the molecule is N#Cc1ccc2cccc(-c3cnc(N)o3)c2c1.NC(=O)c1ccc2cccc(-c3cnc(N)o3)c2c1. The molecule has 0 aliphatic carbocycles. The molecular weight excluding hydrogens is 468 g/mol. The van der Waals surface area contributed by atoms with E-state index in [1.807, 2.05) is 54.6 Å². The average molecular weight is 489 g/mol. The van der Waals surface area contributed by atoms with Gasteiger partial charge in [-0.25, -0.2) is 9.97 Å². The van der Waals surface area contributed by atoms with E-state index >= 15 is 0 Å². The van der Waals surface area contributed by atoms with E-state index in [4.69, 9.17) is 31.3 Å². The van der Waals surface area contributed by atoms with Gasteiger partial charge in [-0.1, -0.05) is 48.5 Å². The van der Waals surface area contributed by atoms with Crippen LogP contribution in [0.25, 0.3) is 44.2 Å². The number of carbonyl (C=O) groups excluding carboxylic acids is 1. The van der Waals surface area contributed by atoms with Gasteiger partial charge < -0.3 is 26.0 Å². The summed E-state index contributed by atoms with van der Waals surface area (Å²) in [5.74, 6) is 0.701. The van der Waals surface area contributed by atoms with Crippen molar-refractivity contribution in [3.63, 3.8) is 0 Å². The number of carbonyl (C=O) groups is 1. The molecule has 0 fully saturated rings. The van der Waals surface area contributed by atoms with E-state index in [0.717, 1.165) is 32.7 Å². The first kappa shape index (κ1) is 23.1. The Hall–Kier alpha value is -5.62. The number of nitrogens with zero attached hydrogens (tertiary/aromatic N) is 3. The Kier molecular flexibility index (Phi) is 5.98. The number of oxazole rings is 2. The zero-order valence-electron chi connectivity index (χ0n) is 19.4. The van der Waals surface area contributed by atoms with Gasteiger partial charge in [-0.15, -0.1) is 0 Å². The molecule has 1 amide bonds. The lowest BCUT2D eigenvalue weighted by Crippen LogP contribution is -2.10. The van der Waals surface area contributed by atoms with Gasteiger partial charge in [0.05, 0.1) is 24.0 Å². The van der Waals surface area contributed by atoms with Crippen LogP contribution < -0.4 is 17.2 Å². The molecule has 0 radical (unpaired) electrons. The second kappa shape index (κ2) is 9.56. The number of benzene rings is 4. The summed E-state index contributed by atoms with van der Waals surface area (Å²) in [6.07, 6.45) is 3.14. The molecule has 37 heavy (non-hydrogen) atoms. The number of aromatic nitrogens is 2. The molecule has 6 aromatic rings. The molecule has 9 nitrogen and oxygen atoms in total. The molecular formula is C28H20N6O3. The maximum Gasteiger partial charge on any atom is 0.292 e. The number of hydrogen-bond donors (Lipinski definition) is 3. The van der Waals surface area contributed by atoms with Crippen LogP contribution in [0.5, 0.6) is 0 Å². The van der Waals surface area contributed by atoms with Crippen molar-refractivity contribution < 1.29 is 13.6 Å². The largest absolute Gasteiger partial charge is 0.424 e. The maximum absolute atomic E-state index is 11.3. The average Bonchev–Trinajstić information content (AvgIpc) is 3.55. The van der Waals surface area contributed by atoms with Gasteiger partial charge >= 0.3 is 0 Å². The summed E-state index contributed by atoms with van der Waals surface area (Å²) in [6, 6.07) is 24.8. The number of nitrogen functional groups attached to an aromatic ring is 2. The van der Waals surface area contributed by atoms with Gasteiger partial charge in [-0.2, -0.15) is 5.26 Å². The highest BCUT2D eigenvalue weighted by Crippen LogP contribution is 2.31. The topological polar surface area (TPSA) is 171 Å².